The van der Waals surface area contributed by atoms with Gasteiger partial charge in [0.25, 0.3) is 5.91 Å². The van der Waals surface area contributed by atoms with Gasteiger partial charge in [0, 0.05) is 31.2 Å². The van der Waals surface area contributed by atoms with Crippen LogP contribution >= 0.6 is 0 Å². The van der Waals surface area contributed by atoms with Crippen LogP contribution in [0.5, 0.6) is 0 Å². The highest BCUT2D eigenvalue weighted by molar-refractivity contribution is 5.94. The van der Waals surface area contributed by atoms with E-state index in [9.17, 15) is 9.90 Å². The fourth-order valence-corrected chi connectivity index (χ4v) is 3.99. The Morgan fingerprint density at radius 3 is 2.64 bits per heavy atom. The van der Waals surface area contributed by atoms with Gasteiger partial charge < -0.3 is 20.6 Å². The van der Waals surface area contributed by atoms with Crippen molar-refractivity contribution in [2.24, 2.45) is 4.99 Å². The van der Waals surface area contributed by atoms with E-state index in [4.69, 9.17) is 4.99 Å². The fraction of sp³-hybridized carbons (Fsp3) is 0.636. The van der Waals surface area contributed by atoms with Crippen LogP contribution in [0.2, 0.25) is 0 Å². The summed E-state index contributed by atoms with van der Waals surface area (Å²) in [6.07, 6.45) is 6.89. The van der Waals surface area contributed by atoms with E-state index in [1.165, 1.54) is 6.42 Å². The molecule has 1 saturated heterocycles. The second kappa shape index (κ2) is 10.5. The maximum atomic E-state index is 12.7. The zero-order valence-corrected chi connectivity index (χ0v) is 17.0. The number of likely N-dealkylation sites (tertiary alicyclic amines) is 1. The molecule has 0 spiro atoms. The average Bonchev–Trinajstić information content (AvgIpc) is 2.74. The van der Waals surface area contributed by atoms with Crippen molar-refractivity contribution in [1.29, 1.82) is 0 Å². The van der Waals surface area contributed by atoms with Crippen molar-refractivity contribution in [3.05, 3.63) is 35.4 Å². The number of amides is 1. The Balaban J connectivity index is 1.61. The number of guanidine groups is 1. The number of aliphatic hydroxyl groups is 1. The number of piperidine rings is 1. The molecular formula is C22H34N4O2. The molecular weight excluding hydrogens is 352 g/mol. The molecule has 2 aliphatic rings. The highest BCUT2D eigenvalue weighted by Gasteiger charge is 2.20. The Kier molecular flexibility index (Phi) is 7.71. The summed E-state index contributed by atoms with van der Waals surface area (Å²) in [7, 11) is 0. The van der Waals surface area contributed by atoms with Crippen LogP contribution in [0.1, 0.15) is 67.8 Å². The van der Waals surface area contributed by atoms with Gasteiger partial charge in [-0.2, -0.15) is 0 Å². The van der Waals surface area contributed by atoms with E-state index in [1.807, 2.05) is 29.2 Å². The van der Waals surface area contributed by atoms with Gasteiger partial charge >= 0.3 is 0 Å². The molecule has 0 radical (unpaired) electrons. The molecule has 1 aliphatic carbocycles. The maximum absolute atomic E-state index is 12.7. The molecule has 0 atom stereocenters. The van der Waals surface area contributed by atoms with Crippen molar-refractivity contribution in [2.45, 2.75) is 70.6 Å². The summed E-state index contributed by atoms with van der Waals surface area (Å²) in [5.74, 6) is 0.938. The predicted octanol–water partition coefficient (Wildman–Crippen LogP) is 2.67. The van der Waals surface area contributed by atoms with Gasteiger partial charge in [-0.1, -0.05) is 12.1 Å². The third-order valence-corrected chi connectivity index (χ3v) is 5.62. The van der Waals surface area contributed by atoms with Crippen molar-refractivity contribution in [3.8, 4) is 0 Å². The lowest BCUT2D eigenvalue weighted by Crippen LogP contribution is -2.45. The molecule has 154 valence electrons. The number of hydrogen-bond acceptors (Lipinski definition) is 3. The molecule has 1 amide bonds. The molecule has 3 rings (SSSR count). The van der Waals surface area contributed by atoms with Crippen molar-refractivity contribution in [3.63, 3.8) is 0 Å². The fourth-order valence-electron chi connectivity index (χ4n) is 3.99. The second-order valence-electron chi connectivity index (χ2n) is 7.90. The molecule has 1 aromatic carbocycles. The van der Waals surface area contributed by atoms with Gasteiger partial charge in [-0.15, -0.1) is 0 Å². The van der Waals surface area contributed by atoms with Gasteiger partial charge in [-0.05, 0) is 69.6 Å². The maximum Gasteiger partial charge on any atom is 0.253 e. The molecule has 1 heterocycles. The van der Waals surface area contributed by atoms with Crippen LogP contribution in [0.3, 0.4) is 0 Å². The van der Waals surface area contributed by atoms with Crippen molar-refractivity contribution < 1.29 is 9.90 Å². The summed E-state index contributed by atoms with van der Waals surface area (Å²) < 4.78 is 0. The Hall–Kier alpha value is -2.08. The summed E-state index contributed by atoms with van der Waals surface area (Å²) in [6, 6.07) is 8.21. The summed E-state index contributed by atoms with van der Waals surface area (Å²) >= 11 is 0. The largest absolute Gasteiger partial charge is 0.393 e. The minimum atomic E-state index is -0.155. The first-order chi connectivity index (χ1) is 13.7. The van der Waals surface area contributed by atoms with Crippen LogP contribution in [0, 0.1) is 0 Å². The van der Waals surface area contributed by atoms with Crippen LogP contribution in [0.15, 0.2) is 29.3 Å². The molecule has 1 aliphatic heterocycles. The molecule has 6 heteroatoms. The number of carbonyl (C=O) groups excluding carboxylic acids is 1. The summed E-state index contributed by atoms with van der Waals surface area (Å²) in [5.41, 5.74) is 1.80. The van der Waals surface area contributed by atoms with Gasteiger partial charge in [0.2, 0.25) is 0 Å². The lowest BCUT2D eigenvalue weighted by Gasteiger charge is -2.27. The normalized spacial score (nSPS) is 23.4. The first-order valence-corrected chi connectivity index (χ1v) is 10.8. The SMILES string of the molecule is CCNC(=NCc1cccc(C(=O)N2CCCCC2)c1)NC1CCC(O)CC1. The first-order valence-electron chi connectivity index (χ1n) is 10.8. The number of aliphatic imine (C=N–C) groups is 1. The molecule has 0 aromatic heterocycles. The van der Waals surface area contributed by atoms with Gasteiger partial charge in [0.1, 0.15) is 0 Å². The predicted molar refractivity (Wildman–Crippen MR) is 112 cm³/mol. The molecule has 0 bridgehead atoms. The summed E-state index contributed by atoms with van der Waals surface area (Å²) in [4.78, 5) is 19.4. The average molecular weight is 387 g/mol. The summed E-state index contributed by atoms with van der Waals surface area (Å²) in [6.45, 7) is 5.12. The van der Waals surface area contributed by atoms with E-state index in [-0.39, 0.29) is 12.0 Å². The van der Waals surface area contributed by atoms with E-state index >= 15 is 0 Å². The zero-order chi connectivity index (χ0) is 19.8. The number of rotatable bonds is 5. The van der Waals surface area contributed by atoms with Crippen molar-refractivity contribution in [2.75, 3.05) is 19.6 Å². The second-order valence-corrected chi connectivity index (χ2v) is 7.90. The number of nitrogens with zero attached hydrogens (tertiary/aromatic N) is 2. The van der Waals surface area contributed by atoms with Crippen molar-refractivity contribution in [1.82, 2.24) is 15.5 Å². The van der Waals surface area contributed by atoms with Gasteiger partial charge in [0.05, 0.1) is 12.6 Å². The van der Waals surface area contributed by atoms with Crippen molar-refractivity contribution >= 4 is 11.9 Å². The standard InChI is InChI=1S/C22H34N4O2/c1-2-23-22(25-19-9-11-20(27)12-10-19)24-16-17-7-6-8-18(15-17)21(28)26-13-4-3-5-14-26/h6-8,15,19-20,27H,2-5,9-14,16H2,1H3,(H2,23,24,25). The summed E-state index contributed by atoms with van der Waals surface area (Å²) in [5, 5.41) is 16.5. The minimum Gasteiger partial charge on any atom is -0.393 e. The Labute approximate surface area is 168 Å². The molecule has 1 saturated carbocycles. The Bertz CT molecular complexity index is 662. The van der Waals surface area contributed by atoms with Crippen LogP contribution in [-0.2, 0) is 6.54 Å². The van der Waals surface area contributed by atoms with E-state index in [1.54, 1.807) is 0 Å². The highest BCUT2D eigenvalue weighted by Crippen LogP contribution is 2.18. The molecule has 6 nitrogen and oxygen atoms in total. The number of hydrogen-bond donors (Lipinski definition) is 3. The minimum absolute atomic E-state index is 0.135. The Morgan fingerprint density at radius 1 is 1.18 bits per heavy atom. The third-order valence-electron chi connectivity index (χ3n) is 5.62. The lowest BCUT2D eigenvalue weighted by atomic mass is 9.93. The van der Waals surface area contributed by atoms with E-state index in [0.717, 1.165) is 75.2 Å². The van der Waals surface area contributed by atoms with Crippen LogP contribution < -0.4 is 10.6 Å². The van der Waals surface area contributed by atoms with Gasteiger partial charge in [-0.3, -0.25) is 4.79 Å². The Morgan fingerprint density at radius 2 is 1.93 bits per heavy atom. The van der Waals surface area contributed by atoms with Crippen LogP contribution in [0.25, 0.3) is 0 Å². The molecule has 28 heavy (non-hydrogen) atoms. The molecule has 0 unspecified atom stereocenters. The zero-order valence-electron chi connectivity index (χ0n) is 17.0. The number of nitrogens with one attached hydrogen (secondary N) is 2. The molecule has 2 fully saturated rings. The third kappa shape index (κ3) is 5.96. The number of carbonyl (C=O) groups is 1. The number of benzene rings is 1. The molecule has 3 N–H and O–H groups in total. The lowest BCUT2D eigenvalue weighted by molar-refractivity contribution is 0.0724. The van der Waals surface area contributed by atoms with E-state index in [2.05, 4.69) is 17.6 Å². The first kappa shape index (κ1) is 20.6. The van der Waals surface area contributed by atoms with E-state index < -0.39 is 0 Å². The van der Waals surface area contributed by atoms with Gasteiger partial charge in [-0.25, -0.2) is 4.99 Å². The highest BCUT2D eigenvalue weighted by atomic mass is 16.3. The van der Waals surface area contributed by atoms with Crippen LogP contribution in [0.4, 0.5) is 0 Å². The van der Waals surface area contributed by atoms with Gasteiger partial charge in [0.15, 0.2) is 5.96 Å². The topological polar surface area (TPSA) is 77.0 Å². The van der Waals surface area contributed by atoms with Crippen LogP contribution in [-0.4, -0.2) is 53.7 Å². The monoisotopic (exact) mass is 386 g/mol. The molecule has 1 aromatic rings. The quantitative estimate of drug-likeness (QED) is 0.537. The smallest absolute Gasteiger partial charge is 0.253 e. The number of aliphatic hydroxyl groups excluding tert-OH is 1. The van der Waals surface area contributed by atoms with E-state index in [0.29, 0.717) is 12.6 Å².